The molecule has 2 aromatic rings. The Morgan fingerprint density at radius 2 is 1.74 bits per heavy atom. The number of aryl methyl sites for hydroxylation is 2. The van der Waals surface area contributed by atoms with Crippen LogP contribution in [-0.4, -0.2) is 5.11 Å². The Hall–Kier alpha value is -1.02. The van der Waals surface area contributed by atoms with E-state index in [1.165, 1.54) is 0 Å². The second-order valence-electron chi connectivity index (χ2n) is 4.83. The maximum Gasteiger partial charge on any atom is 0.0833 e. The standard InChI is InChI=1S/C16H16Cl2O/c1-10-3-4-11(2)13(7-10)16(19)9-12-5-6-14(17)15(18)8-12/h3-8,16,19H,9H2,1-2H3. The lowest BCUT2D eigenvalue weighted by Gasteiger charge is -2.15. The highest BCUT2D eigenvalue weighted by atomic mass is 35.5. The van der Waals surface area contributed by atoms with Gasteiger partial charge < -0.3 is 5.11 Å². The third-order valence-electron chi connectivity index (χ3n) is 3.21. The topological polar surface area (TPSA) is 20.2 Å². The molecule has 2 aromatic carbocycles. The van der Waals surface area contributed by atoms with Crippen LogP contribution in [0.5, 0.6) is 0 Å². The summed E-state index contributed by atoms with van der Waals surface area (Å²) >= 11 is 11.9. The van der Waals surface area contributed by atoms with E-state index < -0.39 is 6.10 Å². The van der Waals surface area contributed by atoms with E-state index in [0.29, 0.717) is 16.5 Å². The Balaban J connectivity index is 2.22. The summed E-state index contributed by atoms with van der Waals surface area (Å²) in [5.41, 5.74) is 4.18. The fourth-order valence-electron chi connectivity index (χ4n) is 2.12. The third-order valence-corrected chi connectivity index (χ3v) is 3.95. The largest absolute Gasteiger partial charge is 0.388 e. The van der Waals surface area contributed by atoms with Gasteiger partial charge in [0.05, 0.1) is 16.1 Å². The van der Waals surface area contributed by atoms with Crippen molar-refractivity contribution in [1.29, 1.82) is 0 Å². The number of benzene rings is 2. The number of hydrogen-bond donors (Lipinski definition) is 1. The van der Waals surface area contributed by atoms with Gasteiger partial charge in [-0.1, -0.05) is 53.0 Å². The van der Waals surface area contributed by atoms with Gasteiger partial charge in [0.25, 0.3) is 0 Å². The average molecular weight is 295 g/mol. The smallest absolute Gasteiger partial charge is 0.0833 e. The Kier molecular flexibility index (Phi) is 4.51. The minimum absolute atomic E-state index is 0.521. The van der Waals surface area contributed by atoms with Crippen LogP contribution in [0.25, 0.3) is 0 Å². The van der Waals surface area contributed by atoms with Crippen molar-refractivity contribution >= 4 is 23.2 Å². The number of aliphatic hydroxyl groups excluding tert-OH is 1. The van der Waals surface area contributed by atoms with E-state index in [4.69, 9.17) is 23.2 Å². The molecule has 1 nitrogen and oxygen atoms in total. The molecule has 0 heterocycles. The number of hydrogen-bond acceptors (Lipinski definition) is 1. The molecule has 0 aliphatic heterocycles. The summed E-state index contributed by atoms with van der Waals surface area (Å²) in [6.07, 6.45) is -0.00147. The molecule has 0 saturated carbocycles. The monoisotopic (exact) mass is 294 g/mol. The number of halogens is 2. The molecule has 0 spiro atoms. The lowest BCUT2D eigenvalue weighted by molar-refractivity contribution is 0.177. The lowest BCUT2D eigenvalue weighted by atomic mass is 9.96. The molecule has 0 aromatic heterocycles. The van der Waals surface area contributed by atoms with Crippen LogP contribution in [0, 0.1) is 13.8 Å². The van der Waals surface area contributed by atoms with E-state index in [1.807, 2.05) is 38.1 Å². The minimum Gasteiger partial charge on any atom is -0.388 e. The Labute approximate surface area is 123 Å². The first-order valence-electron chi connectivity index (χ1n) is 6.16. The molecular formula is C16H16Cl2O. The first-order chi connectivity index (χ1) is 8.97. The van der Waals surface area contributed by atoms with Gasteiger partial charge in [-0.3, -0.25) is 0 Å². The Bertz CT molecular complexity index is 593. The van der Waals surface area contributed by atoms with E-state index in [-0.39, 0.29) is 0 Å². The molecule has 100 valence electrons. The predicted molar refractivity (Wildman–Crippen MR) is 81.0 cm³/mol. The van der Waals surface area contributed by atoms with Crippen LogP contribution in [0.15, 0.2) is 36.4 Å². The maximum atomic E-state index is 10.4. The fourth-order valence-corrected chi connectivity index (χ4v) is 2.44. The van der Waals surface area contributed by atoms with Crippen molar-refractivity contribution in [1.82, 2.24) is 0 Å². The van der Waals surface area contributed by atoms with Gasteiger partial charge in [0.1, 0.15) is 0 Å². The van der Waals surface area contributed by atoms with Crippen LogP contribution in [0.1, 0.15) is 28.4 Å². The first-order valence-corrected chi connectivity index (χ1v) is 6.92. The number of rotatable bonds is 3. The summed E-state index contributed by atoms with van der Waals surface area (Å²) in [5.74, 6) is 0. The molecule has 2 rings (SSSR count). The van der Waals surface area contributed by atoms with Crippen LogP contribution in [0.3, 0.4) is 0 Å². The summed E-state index contributed by atoms with van der Waals surface area (Å²) in [4.78, 5) is 0. The molecule has 3 heteroatoms. The first kappa shape index (κ1) is 14.4. The molecule has 0 aliphatic rings. The van der Waals surface area contributed by atoms with Gasteiger partial charge in [-0.15, -0.1) is 0 Å². The molecule has 1 atom stereocenters. The molecule has 0 bridgehead atoms. The van der Waals surface area contributed by atoms with Gasteiger partial charge in [0, 0.05) is 6.42 Å². The molecule has 19 heavy (non-hydrogen) atoms. The summed E-state index contributed by atoms with van der Waals surface area (Å²) in [6.45, 7) is 4.03. The van der Waals surface area contributed by atoms with Gasteiger partial charge in [-0.2, -0.15) is 0 Å². The summed E-state index contributed by atoms with van der Waals surface area (Å²) in [7, 11) is 0. The van der Waals surface area contributed by atoms with Gasteiger partial charge >= 0.3 is 0 Å². The van der Waals surface area contributed by atoms with Gasteiger partial charge in [-0.25, -0.2) is 0 Å². The normalized spacial score (nSPS) is 12.5. The van der Waals surface area contributed by atoms with Crippen LogP contribution in [0.2, 0.25) is 10.0 Å². The molecule has 1 N–H and O–H groups in total. The van der Waals surface area contributed by atoms with Crippen molar-refractivity contribution in [3.05, 3.63) is 68.7 Å². The molecule has 0 amide bonds. The van der Waals surface area contributed by atoms with Crippen molar-refractivity contribution in [2.75, 3.05) is 0 Å². The van der Waals surface area contributed by atoms with Crippen LogP contribution >= 0.6 is 23.2 Å². The van der Waals surface area contributed by atoms with Crippen molar-refractivity contribution in [3.8, 4) is 0 Å². The van der Waals surface area contributed by atoms with Gasteiger partial charge in [0.2, 0.25) is 0 Å². The Morgan fingerprint density at radius 1 is 1.00 bits per heavy atom. The Morgan fingerprint density at radius 3 is 2.42 bits per heavy atom. The highest BCUT2D eigenvalue weighted by Gasteiger charge is 2.12. The van der Waals surface area contributed by atoms with Crippen molar-refractivity contribution in [2.24, 2.45) is 0 Å². The van der Waals surface area contributed by atoms with Crippen molar-refractivity contribution in [3.63, 3.8) is 0 Å². The lowest BCUT2D eigenvalue weighted by Crippen LogP contribution is -2.04. The van der Waals surface area contributed by atoms with Crippen LogP contribution < -0.4 is 0 Å². The van der Waals surface area contributed by atoms with Crippen LogP contribution in [0.4, 0.5) is 0 Å². The summed E-state index contributed by atoms with van der Waals surface area (Å²) in [5, 5.41) is 11.4. The van der Waals surface area contributed by atoms with Gasteiger partial charge in [-0.05, 0) is 42.7 Å². The van der Waals surface area contributed by atoms with E-state index in [0.717, 1.165) is 22.3 Å². The minimum atomic E-state index is -0.530. The highest BCUT2D eigenvalue weighted by Crippen LogP contribution is 2.27. The third kappa shape index (κ3) is 3.50. The van der Waals surface area contributed by atoms with Crippen molar-refractivity contribution < 1.29 is 5.11 Å². The zero-order chi connectivity index (χ0) is 14.0. The number of aliphatic hydroxyl groups is 1. The summed E-state index contributed by atoms with van der Waals surface area (Å²) < 4.78 is 0. The predicted octanol–water partition coefficient (Wildman–Crippen LogP) is 4.89. The van der Waals surface area contributed by atoms with Crippen LogP contribution in [-0.2, 0) is 6.42 Å². The zero-order valence-corrected chi connectivity index (χ0v) is 12.5. The van der Waals surface area contributed by atoms with Crippen molar-refractivity contribution in [2.45, 2.75) is 26.4 Å². The molecule has 0 fully saturated rings. The molecule has 0 aliphatic carbocycles. The van der Waals surface area contributed by atoms with E-state index in [9.17, 15) is 5.11 Å². The molecule has 0 radical (unpaired) electrons. The second kappa shape index (κ2) is 5.96. The maximum absolute atomic E-state index is 10.4. The molecule has 0 saturated heterocycles. The average Bonchev–Trinajstić information content (AvgIpc) is 2.36. The van der Waals surface area contributed by atoms with E-state index in [2.05, 4.69) is 0 Å². The highest BCUT2D eigenvalue weighted by molar-refractivity contribution is 6.42. The second-order valence-corrected chi connectivity index (χ2v) is 5.64. The SMILES string of the molecule is Cc1ccc(C)c(C(O)Cc2ccc(Cl)c(Cl)c2)c1. The molecular weight excluding hydrogens is 279 g/mol. The summed E-state index contributed by atoms with van der Waals surface area (Å²) in [6, 6.07) is 11.6. The zero-order valence-electron chi connectivity index (χ0n) is 11.0. The van der Waals surface area contributed by atoms with E-state index in [1.54, 1.807) is 12.1 Å². The van der Waals surface area contributed by atoms with E-state index >= 15 is 0 Å². The van der Waals surface area contributed by atoms with Gasteiger partial charge in [0.15, 0.2) is 0 Å². The molecule has 1 unspecified atom stereocenters. The quantitative estimate of drug-likeness (QED) is 0.855. The fraction of sp³-hybridized carbons (Fsp3) is 0.250.